The maximum absolute atomic E-state index is 12.6. The van der Waals surface area contributed by atoms with Crippen molar-refractivity contribution < 1.29 is 49.0 Å². The third-order valence-corrected chi connectivity index (χ3v) is 8.51. The Morgan fingerprint density at radius 3 is 1.86 bits per heavy atom. The summed E-state index contributed by atoms with van der Waals surface area (Å²) in [5.41, 5.74) is 0. The number of unbranched alkanes of at least 4 members (excludes halogenated alkanes) is 13. The molecular weight excluding hydrogens is 628 g/mol. The van der Waals surface area contributed by atoms with E-state index in [2.05, 4.69) is 38.2 Å². The highest BCUT2D eigenvalue weighted by molar-refractivity contribution is 5.70. The molecule has 1 aliphatic heterocycles. The van der Waals surface area contributed by atoms with Crippen LogP contribution in [0.5, 0.6) is 0 Å². The lowest BCUT2D eigenvalue weighted by Crippen LogP contribution is -2.59. The van der Waals surface area contributed by atoms with Crippen LogP contribution < -0.4 is 0 Å². The van der Waals surface area contributed by atoms with Crippen LogP contribution in [0.15, 0.2) is 36.5 Å². The van der Waals surface area contributed by atoms with Crippen molar-refractivity contribution in [2.75, 3.05) is 19.8 Å². The normalized spacial score (nSPS) is 22.0. The summed E-state index contributed by atoms with van der Waals surface area (Å²) in [4.78, 5) is 25.1. The first kappa shape index (κ1) is 44.9. The largest absolute Gasteiger partial charge is 0.462 e. The number of allylic oxidation sites excluding steroid dienone is 6. The molecule has 284 valence electrons. The van der Waals surface area contributed by atoms with E-state index >= 15 is 0 Å². The van der Waals surface area contributed by atoms with Crippen LogP contribution in [0.4, 0.5) is 0 Å². The van der Waals surface area contributed by atoms with Crippen molar-refractivity contribution in [3.8, 4) is 0 Å². The SMILES string of the molecule is CCCC/C=C/CCCCCCCC(=O)OCC(CO[C@@H]1O[C@H](CO)[C@H](O)C(O)C1O)OC(=O)CC/C=C/C/C=C/CCCCCCCC. The van der Waals surface area contributed by atoms with E-state index in [1.54, 1.807) is 0 Å². The monoisotopic (exact) mass is 696 g/mol. The fraction of sp³-hybridized carbons (Fsp3) is 0.795. The van der Waals surface area contributed by atoms with E-state index in [0.29, 0.717) is 12.8 Å². The molecular formula is C39H68O10. The van der Waals surface area contributed by atoms with E-state index in [-0.39, 0.29) is 26.1 Å². The van der Waals surface area contributed by atoms with Crippen LogP contribution in [-0.4, -0.2) is 89.0 Å². The number of hydrogen-bond acceptors (Lipinski definition) is 10. The highest BCUT2D eigenvalue weighted by Gasteiger charge is 2.44. The molecule has 4 N–H and O–H groups in total. The summed E-state index contributed by atoms with van der Waals surface area (Å²) in [5.74, 6) is -0.901. The summed E-state index contributed by atoms with van der Waals surface area (Å²) in [6, 6.07) is 0. The van der Waals surface area contributed by atoms with Crippen LogP contribution >= 0.6 is 0 Å². The molecule has 1 saturated heterocycles. The zero-order chi connectivity index (χ0) is 36.0. The zero-order valence-corrected chi connectivity index (χ0v) is 30.4. The van der Waals surface area contributed by atoms with Crippen molar-refractivity contribution in [2.24, 2.45) is 0 Å². The molecule has 0 radical (unpaired) electrons. The number of carbonyl (C=O) groups is 2. The molecule has 10 nitrogen and oxygen atoms in total. The summed E-state index contributed by atoms with van der Waals surface area (Å²) in [7, 11) is 0. The van der Waals surface area contributed by atoms with Crippen molar-refractivity contribution in [2.45, 2.75) is 179 Å². The van der Waals surface area contributed by atoms with Gasteiger partial charge in [-0.15, -0.1) is 0 Å². The van der Waals surface area contributed by atoms with E-state index in [1.807, 2.05) is 12.2 Å². The molecule has 0 saturated carbocycles. The molecule has 0 aromatic heterocycles. The molecule has 1 aliphatic rings. The number of hydrogen-bond donors (Lipinski definition) is 4. The minimum absolute atomic E-state index is 0.122. The molecule has 0 amide bonds. The minimum Gasteiger partial charge on any atom is -0.462 e. The predicted molar refractivity (Wildman–Crippen MR) is 192 cm³/mol. The average molecular weight is 697 g/mol. The molecule has 0 bridgehead atoms. The van der Waals surface area contributed by atoms with Crippen LogP contribution in [0.25, 0.3) is 0 Å². The number of esters is 2. The Kier molecular flexibility index (Phi) is 28.2. The summed E-state index contributed by atoms with van der Waals surface area (Å²) >= 11 is 0. The van der Waals surface area contributed by atoms with Crippen LogP contribution in [0.2, 0.25) is 0 Å². The Hall–Kier alpha value is -2.08. The van der Waals surface area contributed by atoms with Gasteiger partial charge in [-0.2, -0.15) is 0 Å². The van der Waals surface area contributed by atoms with Crippen LogP contribution in [0, 0.1) is 0 Å². The van der Waals surface area contributed by atoms with Gasteiger partial charge >= 0.3 is 11.9 Å². The van der Waals surface area contributed by atoms with Gasteiger partial charge in [0.2, 0.25) is 0 Å². The topological polar surface area (TPSA) is 152 Å². The Morgan fingerprint density at radius 2 is 1.20 bits per heavy atom. The maximum Gasteiger partial charge on any atom is 0.306 e. The number of ether oxygens (including phenoxy) is 4. The summed E-state index contributed by atoms with van der Waals surface area (Å²) in [5, 5.41) is 39.8. The first-order valence-electron chi connectivity index (χ1n) is 19.1. The van der Waals surface area contributed by atoms with Crippen molar-refractivity contribution in [1.29, 1.82) is 0 Å². The highest BCUT2D eigenvalue weighted by Crippen LogP contribution is 2.22. The van der Waals surface area contributed by atoms with Crippen molar-refractivity contribution >= 4 is 11.9 Å². The number of aliphatic hydroxyl groups is 4. The standard InChI is InChI=1S/C39H68O10/c1-3-5-7-9-11-13-15-16-18-20-22-24-26-28-35(42)48-32(31-47-39-38(45)37(44)36(43)33(29-40)49-39)30-46-34(41)27-25-23-21-19-17-14-12-10-8-6-4-2/h10,12,16,18,22,24,32-33,36-40,43-45H,3-9,11,13-15,17,19-21,23,25-31H2,1-2H3/b12-10+,18-16+,24-22+/t32?,33-,36+,37?,38?,39-/m1/s1. The fourth-order valence-electron chi connectivity index (χ4n) is 5.40. The molecule has 0 aliphatic carbocycles. The van der Waals surface area contributed by atoms with Crippen molar-refractivity contribution in [1.82, 2.24) is 0 Å². The van der Waals surface area contributed by atoms with E-state index in [1.165, 1.54) is 51.4 Å². The summed E-state index contributed by atoms with van der Waals surface area (Å²) in [6.07, 6.45) is 24.6. The number of carbonyl (C=O) groups excluding carboxylic acids is 2. The predicted octanol–water partition coefficient (Wildman–Crippen LogP) is 6.77. The van der Waals surface area contributed by atoms with E-state index < -0.39 is 55.4 Å². The van der Waals surface area contributed by atoms with Gasteiger partial charge in [0.15, 0.2) is 12.4 Å². The van der Waals surface area contributed by atoms with Crippen molar-refractivity contribution in [3.05, 3.63) is 36.5 Å². The molecule has 49 heavy (non-hydrogen) atoms. The fourth-order valence-corrected chi connectivity index (χ4v) is 5.40. The second kappa shape index (κ2) is 30.7. The Balaban J connectivity index is 2.46. The van der Waals surface area contributed by atoms with E-state index in [9.17, 15) is 30.0 Å². The first-order valence-corrected chi connectivity index (χ1v) is 19.1. The zero-order valence-electron chi connectivity index (χ0n) is 30.4. The van der Waals surface area contributed by atoms with Crippen LogP contribution in [0.1, 0.15) is 142 Å². The second-order valence-corrected chi connectivity index (χ2v) is 13.0. The van der Waals surface area contributed by atoms with E-state index in [4.69, 9.17) is 18.9 Å². The first-order chi connectivity index (χ1) is 23.8. The molecule has 3 unspecified atom stereocenters. The van der Waals surface area contributed by atoms with Crippen molar-refractivity contribution in [3.63, 3.8) is 0 Å². The molecule has 0 aromatic rings. The summed E-state index contributed by atoms with van der Waals surface area (Å²) < 4.78 is 21.9. The highest BCUT2D eigenvalue weighted by atomic mass is 16.7. The quantitative estimate of drug-likeness (QED) is 0.0360. The minimum atomic E-state index is -1.60. The van der Waals surface area contributed by atoms with Gasteiger partial charge in [-0.25, -0.2) is 0 Å². The van der Waals surface area contributed by atoms with Gasteiger partial charge < -0.3 is 39.4 Å². The van der Waals surface area contributed by atoms with Gasteiger partial charge in [-0.1, -0.05) is 115 Å². The number of rotatable bonds is 30. The smallest absolute Gasteiger partial charge is 0.306 e. The molecule has 1 heterocycles. The molecule has 1 fully saturated rings. The van der Waals surface area contributed by atoms with E-state index in [0.717, 1.165) is 51.4 Å². The van der Waals surface area contributed by atoms with Crippen LogP contribution in [-0.2, 0) is 28.5 Å². The maximum atomic E-state index is 12.6. The molecule has 6 atom stereocenters. The summed E-state index contributed by atoms with van der Waals surface area (Å²) in [6.45, 7) is 3.28. The van der Waals surface area contributed by atoms with Gasteiger partial charge in [-0.05, 0) is 51.4 Å². The second-order valence-electron chi connectivity index (χ2n) is 13.0. The van der Waals surface area contributed by atoms with Gasteiger partial charge in [-0.3, -0.25) is 9.59 Å². The third kappa shape index (κ3) is 23.1. The molecule has 1 rings (SSSR count). The number of aliphatic hydroxyl groups excluding tert-OH is 4. The van der Waals surface area contributed by atoms with Gasteiger partial charge in [0.05, 0.1) is 13.2 Å². The van der Waals surface area contributed by atoms with Crippen LogP contribution in [0.3, 0.4) is 0 Å². The Labute approximate surface area is 295 Å². The lowest BCUT2D eigenvalue weighted by molar-refractivity contribution is -0.305. The molecule has 0 spiro atoms. The van der Waals surface area contributed by atoms with Gasteiger partial charge in [0, 0.05) is 12.8 Å². The van der Waals surface area contributed by atoms with Gasteiger partial charge in [0.25, 0.3) is 0 Å². The Morgan fingerprint density at radius 1 is 0.633 bits per heavy atom. The Bertz CT molecular complexity index is 902. The lowest BCUT2D eigenvalue weighted by atomic mass is 9.99. The lowest BCUT2D eigenvalue weighted by Gasteiger charge is -2.39. The van der Waals surface area contributed by atoms with Gasteiger partial charge in [0.1, 0.15) is 31.0 Å². The average Bonchev–Trinajstić information content (AvgIpc) is 3.10. The third-order valence-electron chi connectivity index (χ3n) is 8.51. The molecule has 10 heteroatoms. The molecule has 0 aromatic carbocycles.